The highest BCUT2D eigenvalue weighted by atomic mass is 16.1. The fraction of sp³-hybridized carbons (Fsp3) is 0.957. The van der Waals surface area contributed by atoms with Crippen LogP contribution in [-0.2, 0) is 4.79 Å². The Morgan fingerprint density at radius 1 is 0.560 bits per heavy atom. The highest BCUT2D eigenvalue weighted by molar-refractivity contribution is 5.78. The van der Waals surface area contributed by atoms with Crippen molar-refractivity contribution in [1.82, 2.24) is 4.90 Å². The van der Waals surface area contributed by atoms with Gasteiger partial charge >= 0.3 is 0 Å². The van der Waals surface area contributed by atoms with Crippen LogP contribution in [0.5, 0.6) is 0 Å². The van der Waals surface area contributed by atoms with Gasteiger partial charge in [-0.3, -0.25) is 4.79 Å². The summed E-state index contributed by atoms with van der Waals surface area (Å²) in [5, 5.41) is 0. The number of nitrogens with zero attached hydrogens (tertiary/aromatic N) is 1. The molecule has 0 aliphatic rings. The predicted octanol–water partition coefficient (Wildman–Crippen LogP) is 7.16. The van der Waals surface area contributed by atoms with Crippen molar-refractivity contribution in [3.63, 3.8) is 0 Å². The van der Waals surface area contributed by atoms with Gasteiger partial charge in [0, 0.05) is 12.8 Å². The summed E-state index contributed by atoms with van der Waals surface area (Å²) in [6.07, 6.45) is 20.4. The van der Waals surface area contributed by atoms with Crippen LogP contribution in [0.3, 0.4) is 0 Å². The molecule has 2 nitrogen and oxygen atoms in total. The van der Waals surface area contributed by atoms with Gasteiger partial charge in [-0.1, -0.05) is 97.8 Å². The molecule has 0 saturated heterocycles. The van der Waals surface area contributed by atoms with Gasteiger partial charge in [-0.05, 0) is 32.5 Å². The van der Waals surface area contributed by atoms with Crippen LogP contribution in [0.4, 0.5) is 0 Å². The molecule has 0 aliphatic carbocycles. The smallest absolute Gasteiger partial charge is 0.132 e. The fourth-order valence-corrected chi connectivity index (χ4v) is 3.50. The minimum atomic E-state index is 0.482. The first-order valence-corrected chi connectivity index (χ1v) is 11.5. The summed E-state index contributed by atoms with van der Waals surface area (Å²) >= 11 is 0. The molecule has 0 fully saturated rings. The number of hydrogen-bond donors (Lipinski definition) is 0. The van der Waals surface area contributed by atoms with Gasteiger partial charge in [0.25, 0.3) is 0 Å². The standard InChI is InChI=1S/C23H47NO/c1-4-7-8-9-10-11-12-13-14-15-16-17-18-20-23(25)21-19-22-24(5-2)6-3/h4-22H2,1-3H3. The maximum Gasteiger partial charge on any atom is 0.132 e. The minimum absolute atomic E-state index is 0.482. The van der Waals surface area contributed by atoms with Crippen LogP contribution in [0.15, 0.2) is 0 Å². The Balaban J connectivity index is 3.21. The van der Waals surface area contributed by atoms with Gasteiger partial charge in [0.05, 0.1) is 0 Å². The highest BCUT2D eigenvalue weighted by Crippen LogP contribution is 2.13. The molecule has 0 amide bonds. The second-order valence-corrected chi connectivity index (χ2v) is 7.66. The molecule has 150 valence electrons. The molecule has 0 aromatic carbocycles. The van der Waals surface area contributed by atoms with Gasteiger partial charge in [-0.15, -0.1) is 0 Å². The van der Waals surface area contributed by atoms with Crippen LogP contribution in [-0.4, -0.2) is 30.3 Å². The van der Waals surface area contributed by atoms with Gasteiger partial charge in [0.15, 0.2) is 0 Å². The van der Waals surface area contributed by atoms with Crippen LogP contribution in [0.25, 0.3) is 0 Å². The number of carbonyl (C=O) groups is 1. The molecule has 0 spiro atoms. The van der Waals surface area contributed by atoms with Crippen LogP contribution >= 0.6 is 0 Å². The van der Waals surface area contributed by atoms with Crippen molar-refractivity contribution in [2.24, 2.45) is 0 Å². The van der Waals surface area contributed by atoms with Crippen LogP contribution < -0.4 is 0 Å². The van der Waals surface area contributed by atoms with E-state index in [4.69, 9.17) is 0 Å². The number of unbranched alkanes of at least 4 members (excludes halogenated alkanes) is 12. The van der Waals surface area contributed by atoms with Gasteiger partial charge in [-0.25, -0.2) is 0 Å². The largest absolute Gasteiger partial charge is 0.304 e. The minimum Gasteiger partial charge on any atom is -0.304 e. The number of hydrogen-bond acceptors (Lipinski definition) is 2. The maximum atomic E-state index is 11.9. The van der Waals surface area contributed by atoms with E-state index in [2.05, 4.69) is 25.7 Å². The molecule has 2 heteroatoms. The quantitative estimate of drug-likeness (QED) is 0.216. The lowest BCUT2D eigenvalue weighted by atomic mass is 10.0. The third kappa shape index (κ3) is 18.2. The van der Waals surface area contributed by atoms with Crippen molar-refractivity contribution in [2.75, 3.05) is 19.6 Å². The summed E-state index contributed by atoms with van der Waals surface area (Å²) in [4.78, 5) is 14.3. The zero-order valence-electron chi connectivity index (χ0n) is 17.8. The van der Waals surface area contributed by atoms with Crippen molar-refractivity contribution in [3.8, 4) is 0 Å². The molecule has 0 aliphatic heterocycles. The normalized spacial score (nSPS) is 11.4. The molecule has 0 N–H and O–H groups in total. The number of ketones is 1. The van der Waals surface area contributed by atoms with Gasteiger partial charge in [-0.2, -0.15) is 0 Å². The summed E-state index contributed by atoms with van der Waals surface area (Å²) in [7, 11) is 0. The predicted molar refractivity (Wildman–Crippen MR) is 112 cm³/mol. The Hall–Kier alpha value is -0.370. The maximum absolute atomic E-state index is 11.9. The summed E-state index contributed by atoms with van der Waals surface area (Å²) in [6, 6.07) is 0. The number of rotatable bonds is 20. The monoisotopic (exact) mass is 353 g/mol. The summed E-state index contributed by atoms with van der Waals surface area (Å²) in [5.41, 5.74) is 0. The van der Waals surface area contributed by atoms with Crippen molar-refractivity contribution in [1.29, 1.82) is 0 Å². The van der Waals surface area contributed by atoms with E-state index in [0.717, 1.165) is 45.3 Å². The molecular formula is C23H47NO. The summed E-state index contributed by atoms with van der Waals surface area (Å²) in [5.74, 6) is 0.482. The molecule has 0 aromatic rings. The van der Waals surface area contributed by atoms with Gasteiger partial charge in [0.1, 0.15) is 5.78 Å². The molecule has 0 unspecified atom stereocenters. The molecule has 0 aromatic heterocycles. The lowest BCUT2D eigenvalue weighted by Crippen LogP contribution is -2.24. The van der Waals surface area contributed by atoms with Crippen LogP contribution in [0, 0.1) is 0 Å². The van der Waals surface area contributed by atoms with Crippen molar-refractivity contribution in [3.05, 3.63) is 0 Å². The van der Waals surface area contributed by atoms with E-state index >= 15 is 0 Å². The Kier molecular flexibility index (Phi) is 19.7. The number of carbonyl (C=O) groups excluding carboxylic acids is 1. The highest BCUT2D eigenvalue weighted by Gasteiger charge is 2.04. The Labute approximate surface area is 159 Å². The molecular weight excluding hydrogens is 306 g/mol. The Morgan fingerprint density at radius 2 is 0.960 bits per heavy atom. The van der Waals surface area contributed by atoms with E-state index in [0.29, 0.717) is 5.78 Å². The van der Waals surface area contributed by atoms with Crippen LogP contribution in [0.1, 0.15) is 124 Å². The third-order valence-electron chi connectivity index (χ3n) is 5.38. The summed E-state index contributed by atoms with van der Waals surface area (Å²) in [6.45, 7) is 9.95. The topological polar surface area (TPSA) is 20.3 Å². The van der Waals surface area contributed by atoms with E-state index < -0.39 is 0 Å². The Bertz CT molecular complexity index is 273. The second-order valence-electron chi connectivity index (χ2n) is 7.66. The van der Waals surface area contributed by atoms with Crippen molar-refractivity contribution >= 4 is 5.78 Å². The first kappa shape index (κ1) is 24.6. The molecule has 0 heterocycles. The van der Waals surface area contributed by atoms with Crippen molar-refractivity contribution in [2.45, 2.75) is 124 Å². The third-order valence-corrected chi connectivity index (χ3v) is 5.38. The van der Waals surface area contributed by atoms with Gasteiger partial charge < -0.3 is 4.90 Å². The lowest BCUT2D eigenvalue weighted by molar-refractivity contribution is -0.119. The molecule has 0 atom stereocenters. The first-order chi connectivity index (χ1) is 12.2. The molecule has 0 radical (unpaired) electrons. The van der Waals surface area contributed by atoms with E-state index in [1.165, 1.54) is 77.0 Å². The van der Waals surface area contributed by atoms with Crippen LogP contribution in [0.2, 0.25) is 0 Å². The first-order valence-electron chi connectivity index (χ1n) is 11.5. The molecule has 25 heavy (non-hydrogen) atoms. The van der Waals surface area contributed by atoms with E-state index in [1.807, 2.05) is 0 Å². The fourth-order valence-electron chi connectivity index (χ4n) is 3.50. The number of Topliss-reactive ketones (excluding diaryl/α,β-unsaturated/α-hetero) is 1. The second kappa shape index (κ2) is 19.9. The van der Waals surface area contributed by atoms with Crippen molar-refractivity contribution < 1.29 is 4.79 Å². The average molecular weight is 354 g/mol. The SMILES string of the molecule is CCCCCCCCCCCCCCCC(=O)CCCN(CC)CC. The molecule has 0 saturated carbocycles. The zero-order valence-corrected chi connectivity index (χ0v) is 17.8. The molecule has 0 rings (SSSR count). The van der Waals surface area contributed by atoms with E-state index in [1.54, 1.807) is 0 Å². The average Bonchev–Trinajstić information content (AvgIpc) is 2.62. The zero-order chi connectivity index (χ0) is 18.6. The molecule has 0 bridgehead atoms. The van der Waals surface area contributed by atoms with E-state index in [-0.39, 0.29) is 0 Å². The van der Waals surface area contributed by atoms with Gasteiger partial charge in [0.2, 0.25) is 0 Å². The lowest BCUT2D eigenvalue weighted by Gasteiger charge is -2.17. The summed E-state index contributed by atoms with van der Waals surface area (Å²) < 4.78 is 0. The Morgan fingerprint density at radius 3 is 1.40 bits per heavy atom. The van der Waals surface area contributed by atoms with E-state index in [9.17, 15) is 4.79 Å².